The highest BCUT2D eigenvalue weighted by Gasteiger charge is 2.55. The van der Waals surface area contributed by atoms with Gasteiger partial charge in [-0.25, -0.2) is 0 Å². The normalized spacial score (nSPS) is 36.9. The first-order valence-corrected chi connectivity index (χ1v) is 17.2. The van der Waals surface area contributed by atoms with E-state index in [1.807, 2.05) is 0 Å². The van der Waals surface area contributed by atoms with Crippen molar-refractivity contribution >= 4 is 25.0 Å². The summed E-state index contributed by atoms with van der Waals surface area (Å²) < 4.78 is 19.3. The zero-order valence-corrected chi connectivity index (χ0v) is 18.1. The Kier molecular flexibility index (Phi) is 7.83. The molecule has 0 amide bonds. The third kappa shape index (κ3) is 6.27. The van der Waals surface area contributed by atoms with Crippen molar-refractivity contribution in [3.63, 3.8) is 0 Å². The van der Waals surface area contributed by atoms with E-state index in [1.165, 1.54) is 17.0 Å². The molecule has 0 bridgehead atoms. The largest absolute Gasteiger partial charge is 0.417 e. The zero-order chi connectivity index (χ0) is 16.0. The number of hydrogen-bond donors (Lipinski definition) is 0. The summed E-state index contributed by atoms with van der Waals surface area (Å²) in [7, 11) is -4.96. The van der Waals surface area contributed by atoms with Crippen LogP contribution in [-0.4, -0.2) is 44.8 Å². The molecule has 0 aromatic rings. The molecule has 0 saturated carbocycles. The van der Waals surface area contributed by atoms with Gasteiger partial charge in [-0.1, -0.05) is 20.8 Å². The second-order valence-corrected chi connectivity index (χ2v) is 21.2. The predicted octanol–water partition coefficient (Wildman–Crippen LogP) is 4.62. The highest BCUT2D eigenvalue weighted by atomic mass is 28.5. The molecule has 1 aliphatic heterocycles. The van der Waals surface area contributed by atoms with E-state index in [0.29, 0.717) is 0 Å². The maximum Gasteiger partial charge on any atom is 0.189 e. The van der Waals surface area contributed by atoms with Gasteiger partial charge in [0.2, 0.25) is 0 Å². The number of hydrogen-bond acceptors (Lipinski definition) is 3. The molecule has 6 heteroatoms. The van der Waals surface area contributed by atoms with Crippen LogP contribution in [0.5, 0.6) is 0 Å². The average Bonchev–Trinajstić information content (AvgIpc) is 2.39. The summed E-state index contributed by atoms with van der Waals surface area (Å²) in [5.41, 5.74) is 3.79. The summed E-state index contributed by atoms with van der Waals surface area (Å²) in [6.45, 7) is 16.7. The van der Waals surface area contributed by atoms with Crippen LogP contribution in [0.2, 0.25) is 36.6 Å². The van der Waals surface area contributed by atoms with Crippen LogP contribution in [0.25, 0.3) is 0 Å². The fraction of sp³-hybridized carbons (Fsp3) is 1.00. The lowest BCUT2D eigenvalue weighted by atomic mass is 10.5. The van der Waals surface area contributed by atoms with E-state index in [9.17, 15) is 0 Å². The summed E-state index contributed by atoms with van der Waals surface area (Å²) in [5, 5.41) is 0. The van der Waals surface area contributed by atoms with E-state index < -0.39 is 25.0 Å². The summed E-state index contributed by atoms with van der Waals surface area (Å²) in [4.78, 5) is 0. The van der Waals surface area contributed by atoms with Crippen molar-refractivity contribution < 1.29 is 13.3 Å². The van der Waals surface area contributed by atoms with Gasteiger partial charge in [-0.15, -0.1) is 0 Å². The van der Waals surface area contributed by atoms with Gasteiger partial charge in [0, 0.05) is 19.8 Å². The molecule has 0 aliphatic carbocycles. The van der Waals surface area contributed by atoms with Crippen molar-refractivity contribution in [1.82, 2.24) is 0 Å². The third-order valence-electron chi connectivity index (χ3n) is 4.21. The van der Waals surface area contributed by atoms with Gasteiger partial charge in [-0.05, 0) is 55.9 Å². The average molecular weight is 349 g/mol. The maximum absolute atomic E-state index is 6.42. The Labute approximate surface area is 135 Å². The Balaban J connectivity index is 2.86. The van der Waals surface area contributed by atoms with Gasteiger partial charge in [-0.3, -0.25) is 0 Å². The fourth-order valence-electron chi connectivity index (χ4n) is 3.91. The topological polar surface area (TPSA) is 27.7 Å². The molecule has 0 radical (unpaired) electrons. The lowest BCUT2D eigenvalue weighted by Crippen LogP contribution is -2.62. The molecule has 21 heavy (non-hydrogen) atoms. The first-order chi connectivity index (χ1) is 9.80. The standard InChI is InChI=1S/C15H36O3Si3/c1-7-10-16-19(4)13-20(5,17-11-8-2)15-21(6,14-19)18-12-9-3/h7-15H2,1-6H3. The highest BCUT2D eigenvalue weighted by Crippen LogP contribution is 2.42. The Bertz CT molecular complexity index is 259. The molecule has 1 aliphatic rings. The minimum atomic E-state index is -1.65. The molecule has 0 atom stereocenters. The van der Waals surface area contributed by atoms with Crippen LogP contribution in [0.15, 0.2) is 0 Å². The monoisotopic (exact) mass is 348 g/mol. The Morgan fingerprint density at radius 1 is 0.571 bits per heavy atom. The van der Waals surface area contributed by atoms with E-state index in [2.05, 4.69) is 40.4 Å². The van der Waals surface area contributed by atoms with Crippen molar-refractivity contribution in [1.29, 1.82) is 0 Å². The van der Waals surface area contributed by atoms with Gasteiger partial charge in [-0.2, -0.15) is 0 Å². The van der Waals surface area contributed by atoms with Crippen molar-refractivity contribution in [2.45, 2.75) is 76.7 Å². The summed E-state index contributed by atoms with van der Waals surface area (Å²) in [6, 6.07) is 0. The van der Waals surface area contributed by atoms with Crippen LogP contribution in [0.1, 0.15) is 40.0 Å². The molecule has 1 fully saturated rings. The van der Waals surface area contributed by atoms with E-state index in [0.717, 1.165) is 39.1 Å². The molecular formula is C15H36O3Si3. The van der Waals surface area contributed by atoms with Gasteiger partial charge in [0.05, 0.1) is 0 Å². The van der Waals surface area contributed by atoms with Gasteiger partial charge in [0.25, 0.3) is 0 Å². The van der Waals surface area contributed by atoms with E-state index in [4.69, 9.17) is 13.3 Å². The summed E-state index contributed by atoms with van der Waals surface area (Å²) >= 11 is 0. The van der Waals surface area contributed by atoms with Crippen LogP contribution in [-0.2, 0) is 13.3 Å². The Hall–Kier alpha value is 0.531. The molecule has 0 spiro atoms. The quantitative estimate of drug-likeness (QED) is 0.569. The first kappa shape index (κ1) is 19.6. The van der Waals surface area contributed by atoms with Crippen LogP contribution in [0, 0.1) is 0 Å². The van der Waals surface area contributed by atoms with Crippen molar-refractivity contribution in [3.8, 4) is 0 Å². The fourth-order valence-corrected chi connectivity index (χ4v) is 32.3. The minimum Gasteiger partial charge on any atom is -0.417 e. The molecule has 126 valence electrons. The smallest absolute Gasteiger partial charge is 0.189 e. The predicted molar refractivity (Wildman–Crippen MR) is 98.0 cm³/mol. The molecule has 3 nitrogen and oxygen atoms in total. The van der Waals surface area contributed by atoms with Crippen LogP contribution in [0.3, 0.4) is 0 Å². The van der Waals surface area contributed by atoms with E-state index in [1.54, 1.807) is 0 Å². The molecule has 1 heterocycles. The van der Waals surface area contributed by atoms with Crippen molar-refractivity contribution in [2.24, 2.45) is 0 Å². The highest BCUT2D eigenvalue weighted by molar-refractivity contribution is 7.08. The van der Waals surface area contributed by atoms with Crippen LogP contribution < -0.4 is 0 Å². The molecule has 0 aromatic carbocycles. The van der Waals surface area contributed by atoms with Crippen molar-refractivity contribution in [3.05, 3.63) is 0 Å². The summed E-state index contributed by atoms with van der Waals surface area (Å²) in [5.74, 6) is 0. The Morgan fingerprint density at radius 2 is 0.810 bits per heavy atom. The maximum atomic E-state index is 6.42. The lowest BCUT2D eigenvalue weighted by Gasteiger charge is -2.48. The molecule has 0 aromatic heterocycles. The van der Waals surface area contributed by atoms with Crippen LogP contribution in [0.4, 0.5) is 0 Å². The van der Waals surface area contributed by atoms with Gasteiger partial charge in [0.15, 0.2) is 25.0 Å². The van der Waals surface area contributed by atoms with Gasteiger partial charge < -0.3 is 13.3 Å². The first-order valence-electron chi connectivity index (χ1n) is 8.72. The molecule has 1 rings (SSSR count). The minimum absolute atomic E-state index is 0.916. The van der Waals surface area contributed by atoms with Gasteiger partial charge >= 0.3 is 0 Å². The van der Waals surface area contributed by atoms with E-state index >= 15 is 0 Å². The number of rotatable bonds is 9. The third-order valence-corrected chi connectivity index (χ3v) is 24.9. The second-order valence-electron chi connectivity index (χ2n) is 7.43. The van der Waals surface area contributed by atoms with Crippen molar-refractivity contribution in [2.75, 3.05) is 19.8 Å². The van der Waals surface area contributed by atoms with Crippen LogP contribution >= 0.6 is 0 Å². The Morgan fingerprint density at radius 3 is 1.00 bits per heavy atom. The molecule has 0 unspecified atom stereocenters. The molecular weight excluding hydrogens is 312 g/mol. The molecule has 0 N–H and O–H groups in total. The second kappa shape index (κ2) is 8.40. The molecule has 1 saturated heterocycles. The summed E-state index contributed by atoms with van der Waals surface area (Å²) in [6.07, 6.45) is 3.35. The van der Waals surface area contributed by atoms with Gasteiger partial charge in [0.1, 0.15) is 0 Å². The SMILES string of the molecule is CCCO[Si]1(C)C[Si](C)(OCCC)C[Si](C)(OCCC)C1. The lowest BCUT2D eigenvalue weighted by molar-refractivity contribution is 0.273. The van der Waals surface area contributed by atoms with E-state index in [-0.39, 0.29) is 0 Å². The zero-order valence-electron chi connectivity index (χ0n) is 15.1.